The monoisotopic (exact) mass is 238 g/mol. The quantitative estimate of drug-likeness (QED) is 0.605. The molecule has 0 radical (unpaired) electrons. The van der Waals surface area contributed by atoms with Gasteiger partial charge in [0, 0.05) is 0 Å². The third-order valence-corrected chi connectivity index (χ3v) is 9.70. The summed E-state index contributed by atoms with van der Waals surface area (Å²) in [7, 11) is 0. The van der Waals surface area contributed by atoms with Crippen molar-refractivity contribution in [3.05, 3.63) is 35.4 Å². The molecule has 0 atom stereocenters. The van der Waals surface area contributed by atoms with Crippen LogP contribution in [0.4, 0.5) is 0 Å². The first-order chi connectivity index (χ1) is 6.88. The van der Waals surface area contributed by atoms with Crippen LogP contribution < -0.4 is 0 Å². The predicted molar refractivity (Wildman–Crippen MR) is 78.9 cm³/mol. The molecule has 0 saturated heterocycles. The maximum absolute atomic E-state index is 2.69. The molecule has 2 heteroatoms. The van der Waals surface area contributed by atoms with Crippen LogP contribution in [0.3, 0.4) is 0 Å². The van der Waals surface area contributed by atoms with E-state index >= 15 is 0 Å². The second kappa shape index (κ2) is 3.69. The van der Waals surface area contributed by atoms with E-state index in [1.54, 1.807) is 5.56 Å². The molecule has 1 aliphatic rings. The molecule has 0 saturated carbocycles. The highest BCUT2D eigenvalue weighted by atomic mass is 31.2. The smallest absolute Gasteiger partial charge is 0.00727 e. The minimum Gasteiger partial charge on any atom is -0.106 e. The van der Waals surface area contributed by atoms with Crippen molar-refractivity contribution >= 4 is 25.1 Å². The van der Waals surface area contributed by atoms with Gasteiger partial charge >= 0.3 is 0 Å². The third-order valence-electron chi connectivity index (χ3n) is 2.71. The molecular weight excluding hydrogens is 218 g/mol. The van der Waals surface area contributed by atoms with Crippen LogP contribution in [0.25, 0.3) is 0 Å². The van der Waals surface area contributed by atoms with E-state index in [1.807, 2.05) is 0 Å². The third kappa shape index (κ3) is 2.68. The summed E-state index contributed by atoms with van der Waals surface area (Å²) in [5, 5.41) is 0. The molecule has 0 aromatic heterocycles. The van der Waals surface area contributed by atoms with Crippen molar-refractivity contribution in [1.29, 1.82) is 0 Å². The predicted octanol–water partition coefficient (Wildman–Crippen LogP) is 3.66. The van der Waals surface area contributed by atoms with Crippen LogP contribution in [0, 0.1) is 0 Å². The van der Waals surface area contributed by atoms with Crippen LogP contribution in [0.5, 0.6) is 0 Å². The second-order valence-electron chi connectivity index (χ2n) is 5.51. The lowest BCUT2D eigenvalue weighted by Gasteiger charge is -2.17. The van der Waals surface area contributed by atoms with Crippen LogP contribution >= 0.6 is 13.8 Å². The molecule has 0 nitrogen and oxygen atoms in total. The summed E-state index contributed by atoms with van der Waals surface area (Å²) >= 11 is 0. The Morgan fingerprint density at radius 1 is 1.00 bits per heavy atom. The van der Waals surface area contributed by atoms with Gasteiger partial charge in [-0.3, -0.25) is 0 Å². The van der Waals surface area contributed by atoms with Crippen molar-refractivity contribution in [3.8, 4) is 0 Å². The summed E-state index contributed by atoms with van der Waals surface area (Å²) in [5.41, 5.74) is 5.73. The highest BCUT2D eigenvalue weighted by Crippen LogP contribution is 2.53. The van der Waals surface area contributed by atoms with Gasteiger partial charge < -0.3 is 0 Å². The normalized spacial score (nSPS) is 21.9. The van der Waals surface area contributed by atoms with Crippen molar-refractivity contribution < 1.29 is 0 Å². The van der Waals surface area contributed by atoms with Crippen molar-refractivity contribution in [2.24, 2.45) is 0 Å². The molecule has 0 fully saturated rings. The van der Waals surface area contributed by atoms with Crippen LogP contribution in [-0.4, -0.2) is 38.0 Å². The molecule has 1 aromatic carbocycles. The first kappa shape index (κ1) is 11.3. The van der Waals surface area contributed by atoms with Crippen LogP contribution in [0.15, 0.2) is 24.3 Å². The van der Waals surface area contributed by atoms with Gasteiger partial charge in [0.05, 0.1) is 0 Å². The van der Waals surface area contributed by atoms with E-state index in [0.29, 0.717) is 0 Å². The first-order valence-corrected chi connectivity index (χ1v) is 11.1. The lowest BCUT2D eigenvalue weighted by molar-refractivity contribution is 1.38. The SMILES string of the molecule is CP1(C)=Cc2ccccc2CP(C)(C)=C1. The number of hydrogen-bond acceptors (Lipinski definition) is 0. The maximum atomic E-state index is 2.69. The Morgan fingerprint density at radius 2 is 1.67 bits per heavy atom. The van der Waals surface area contributed by atoms with E-state index in [4.69, 9.17) is 0 Å². The molecule has 0 amide bonds. The minimum absolute atomic E-state index is 0.841. The second-order valence-corrected chi connectivity index (χ2v) is 13.8. The van der Waals surface area contributed by atoms with Gasteiger partial charge in [-0.25, -0.2) is 0 Å². The Kier molecular flexibility index (Phi) is 2.78. The van der Waals surface area contributed by atoms with Crippen molar-refractivity contribution in [1.82, 2.24) is 0 Å². The van der Waals surface area contributed by atoms with Crippen molar-refractivity contribution in [3.63, 3.8) is 0 Å². The van der Waals surface area contributed by atoms with E-state index in [0.717, 1.165) is 0 Å². The maximum Gasteiger partial charge on any atom is -0.00727 e. The molecule has 1 aromatic rings. The number of benzene rings is 1. The zero-order valence-corrected chi connectivity index (χ0v) is 11.9. The molecule has 2 rings (SSSR count). The van der Waals surface area contributed by atoms with E-state index in [1.165, 1.54) is 11.7 Å². The molecule has 1 heterocycles. The summed E-state index contributed by atoms with van der Waals surface area (Å²) in [6, 6.07) is 8.90. The topological polar surface area (TPSA) is 0 Å². The number of hydrogen-bond donors (Lipinski definition) is 0. The number of fused-ring (bicyclic) bond motifs is 1. The van der Waals surface area contributed by atoms with Gasteiger partial charge in [0.2, 0.25) is 0 Å². The lowest BCUT2D eigenvalue weighted by Crippen LogP contribution is -1.91. The van der Waals surface area contributed by atoms with Gasteiger partial charge in [-0.1, -0.05) is 42.5 Å². The van der Waals surface area contributed by atoms with Crippen LogP contribution in [0.1, 0.15) is 11.1 Å². The highest BCUT2D eigenvalue weighted by molar-refractivity contribution is 7.99. The zero-order chi connectivity index (χ0) is 11.1. The summed E-state index contributed by atoms with van der Waals surface area (Å²) < 4.78 is 0. The van der Waals surface area contributed by atoms with E-state index < -0.39 is 13.8 Å². The Balaban J connectivity index is 2.69. The molecule has 1 aliphatic heterocycles. The summed E-state index contributed by atoms with van der Waals surface area (Å²) in [4.78, 5) is 0. The van der Waals surface area contributed by atoms with Crippen LogP contribution in [0.2, 0.25) is 0 Å². The summed E-state index contributed by atoms with van der Waals surface area (Å²) in [5.74, 6) is 2.52. The van der Waals surface area contributed by atoms with Crippen molar-refractivity contribution in [2.45, 2.75) is 6.16 Å². The van der Waals surface area contributed by atoms with Crippen LogP contribution in [-0.2, 0) is 6.16 Å². The van der Waals surface area contributed by atoms with Gasteiger partial charge in [0.1, 0.15) is 0 Å². The summed E-state index contributed by atoms with van der Waals surface area (Å²) in [6.07, 6.45) is 1.28. The first-order valence-electron chi connectivity index (χ1n) is 5.35. The van der Waals surface area contributed by atoms with E-state index in [-0.39, 0.29) is 0 Å². The Labute approximate surface area is 93.7 Å². The fraction of sp³-hybridized carbons (Fsp3) is 0.385. The average molecular weight is 238 g/mol. The Hall–Kier alpha value is -0.180. The molecule has 0 spiro atoms. The van der Waals surface area contributed by atoms with Gasteiger partial charge in [0.25, 0.3) is 0 Å². The fourth-order valence-electron chi connectivity index (χ4n) is 2.48. The van der Waals surface area contributed by atoms with E-state index in [9.17, 15) is 0 Å². The zero-order valence-electron chi connectivity index (χ0n) is 10.1. The van der Waals surface area contributed by atoms with Gasteiger partial charge in [-0.05, 0) is 43.9 Å². The summed E-state index contributed by atoms with van der Waals surface area (Å²) in [6.45, 7) is 8.01. The largest absolute Gasteiger partial charge is 0.106 e. The van der Waals surface area contributed by atoms with Gasteiger partial charge in [0.15, 0.2) is 0 Å². The number of rotatable bonds is 0. The molecule has 0 aliphatic carbocycles. The highest BCUT2D eigenvalue weighted by Gasteiger charge is 2.15. The Bertz CT molecular complexity index is 483. The molecule has 82 valence electrons. The standard InChI is InChI=1S/C13H20P2/c1-14(2)9-12-7-5-6-8-13(12)10-15(3,4)11-14/h5-9,11H,10H2,1-4H3. The van der Waals surface area contributed by atoms with Crippen molar-refractivity contribution in [2.75, 3.05) is 26.7 Å². The fourth-order valence-corrected chi connectivity index (χ4v) is 11.7. The molecule has 0 bridgehead atoms. The average Bonchev–Trinajstić information content (AvgIpc) is 2.13. The lowest BCUT2D eigenvalue weighted by atomic mass is 10.1. The molecule has 0 unspecified atom stereocenters. The molecule has 15 heavy (non-hydrogen) atoms. The molecular formula is C13H20P2. The molecule has 0 N–H and O–H groups in total. The Morgan fingerprint density at radius 3 is 2.40 bits per heavy atom. The minimum atomic E-state index is -0.934. The van der Waals surface area contributed by atoms with E-state index in [2.05, 4.69) is 62.3 Å². The van der Waals surface area contributed by atoms with Gasteiger partial charge in [-0.2, -0.15) is 0 Å². The van der Waals surface area contributed by atoms with Gasteiger partial charge in [-0.15, -0.1) is 6.89 Å².